The van der Waals surface area contributed by atoms with Gasteiger partial charge in [0.25, 0.3) is 5.91 Å². The SMILES string of the molecule is CN(C)CC(Cc1ccccc1)NC(=O)c1ccc2nc(Cl)ccc2c1. The van der Waals surface area contributed by atoms with E-state index in [2.05, 4.69) is 27.3 Å². The molecule has 3 aromatic rings. The molecule has 0 saturated carbocycles. The molecule has 0 aliphatic rings. The molecule has 26 heavy (non-hydrogen) atoms. The summed E-state index contributed by atoms with van der Waals surface area (Å²) in [5.74, 6) is -0.0790. The van der Waals surface area contributed by atoms with Gasteiger partial charge in [-0.2, -0.15) is 0 Å². The molecule has 1 heterocycles. The summed E-state index contributed by atoms with van der Waals surface area (Å²) in [6.45, 7) is 0.769. The van der Waals surface area contributed by atoms with Crippen LogP contribution >= 0.6 is 11.6 Å². The van der Waals surface area contributed by atoms with Crippen LogP contribution in [0.3, 0.4) is 0 Å². The minimum absolute atomic E-state index is 0.0268. The number of rotatable bonds is 6. The van der Waals surface area contributed by atoms with Crippen LogP contribution in [0.5, 0.6) is 0 Å². The van der Waals surface area contributed by atoms with Gasteiger partial charge in [-0.05, 0) is 56.4 Å². The predicted molar refractivity (Wildman–Crippen MR) is 107 cm³/mol. The first kappa shape index (κ1) is 18.4. The Hall–Kier alpha value is -2.43. The molecule has 1 atom stereocenters. The number of hydrogen-bond donors (Lipinski definition) is 1. The lowest BCUT2D eigenvalue weighted by atomic mass is 10.0. The predicted octanol–water partition coefficient (Wildman–Crippen LogP) is 3.79. The molecule has 0 radical (unpaired) electrons. The zero-order chi connectivity index (χ0) is 18.5. The van der Waals surface area contributed by atoms with Crippen molar-refractivity contribution in [2.75, 3.05) is 20.6 Å². The fourth-order valence-corrected chi connectivity index (χ4v) is 3.17. The van der Waals surface area contributed by atoms with E-state index in [1.807, 2.05) is 50.5 Å². The molecule has 134 valence electrons. The van der Waals surface area contributed by atoms with Crippen LogP contribution in [0.15, 0.2) is 60.7 Å². The van der Waals surface area contributed by atoms with E-state index >= 15 is 0 Å². The molecule has 1 N–H and O–H groups in total. The summed E-state index contributed by atoms with van der Waals surface area (Å²) in [5, 5.41) is 4.51. The number of halogens is 1. The molecule has 0 aliphatic heterocycles. The van der Waals surface area contributed by atoms with Crippen LogP contribution < -0.4 is 5.32 Å². The van der Waals surface area contributed by atoms with Crippen LogP contribution in [-0.4, -0.2) is 42.5 Å². The van der Waals surface area contributed by atoms with E-state index in [1.165, 1.54) is 5.56 Å². The first-order valence-electron chi connectivity index (χ1n) is 8.57. The van der Waals surface area contributed by atoms with Crippen LogP contribution in [0, 0.1) is 0 Å². The molecule has 1 unspecified atom stereocenters. The van der Waals surface area contributed by atoms with E-state index in [9.17, 15) is 4.79 Å². The fraction of sp³-hybridized carbons (Fsp3) is 0.238. The molecule has 0 fully saturated rings. The third-order valence-corrected chi connectivity index (χ3v) is 4.37. The smallest absolute Gasteiger partial charge is 0.251 e. The number of aromatic nitrogens is 1. The zero-order valence-electron chi connectivity index (χ0n) is 14.9. The lowest BCUT2D eigenvalue weighted by Gasteiger charge is -2.22. The molecule has 0 spiro atoms. The zero-order valence-corrected chi connectivity index (χ0v) is 15.7. The van der Waals surface area contributed by atoms with Crippen molar-refractivity contribution in [2.45, 2.75) is 12.5 Å². The van der Waals surface area contributed by atoms with E-state index in [-0.39, 0.29) is 11.9 Å². The second-order valence-electron chi connectivity index (χ2n) is 6.66. The molecule has 0 aliphatic carbocycles. The van der Waals surface area contributed by atoms with Crippen molar-refractivity contribution >= 4 is 28.4 Å². The normalized spacial score (nSPS) is 12.3. The van der Waals surface area contributed by atoms with E-state index in [1.54, 1.807) is 12.1 Å². The molecule has 0 bridgehead atoms. The Morgan fingerprint density at radius 3 is 2.62 bits per heavy atom. The molecule has 1 amide bonds. The third-order valence-electron chi connectivity index (χ3n) is 4.16. The van der Waals surface area contributed by atoms with E-state index in [0.29, 0.717) is 10.7 Å². The van der Waals surface area contributed by atoms with Gasteiger partial charge in [-0.3, -0.25) is 4.79 Å². The summed E-state index contributed by atoms with van der Waals surface area (Å²) >= 11 is 5.92. The lowest BCUT2D eigenvalue weighted by Crippen LogP contribution is -2.43. The molecule has 0 saturated heterocycles. The number of nitrogens with one attached hydrogen (secondary N) is 1. The molecule has 1 aromatic heterocycles. The minimum atomic E-state index is -0.0790. The third kappa shape index (κ3) is 4.81. The number of hydrogen-bond acceptors (Lipinski definition) is 3. The summed E-state index contributed by atoms with van der Waals surface area (Å²) < 4.78 is 0. The summed E-state index contributed by atoms with van der Waals surface area (Å²) in [6, 6.07) is 19.3. The van der Waals surface area contributed by atoms with Gasteiger partial charge in [0.05, 0.1) is 5.52 Å². The maximum atomic E-state index is 12.8. The number of amides is 1. The van der Waals surface area contributed by atoms with Gasteiger partial charge in [0, 0.05) is 23.5 Å². The number of fused-ring (bicyclic) bond motifs is 1. The standard InChI is InChI=1S/C21H22ClN3O/c1-25(2)14-18(12-15-6-4-3-5-7-15)23-21(26)17-8-10-19-16(13-17)9-11-20(22)24-19/h3-11,13,18H,12,14H2,1-2H3,(H,23,26). The molecule has 2 aromatic carbocycles. The van der Waals surface area contributed by atoms with E-state index < -0.39 is 0 Å². The van der Waals surface area contributed by atoms with Crippen LogP contribution in [0.4, 0.5) is 0 Å². The summed E-state index contributed by atoms with van der Waals surface area (Å²) in [7, 11) is 4.02. The maximum absolute atomic E-state index is 12.8. The number of pyridine rings is 1. The van der Waals surface area contributed by atoms with Gasteiger partial charge in [-0.1, -0.05) is 41.9 Å². The van der Waals surface area contributed by atoms with Crippen LogP contribution in [0.1, 0.15) is 15.9 Å². The highest BCUT2D eigenvalue weighted by Gasteiger charge is 2.16. The Kier molecular flexibility index (Phi) is 5.86. The van der Waals surface area contributed by atoms with Crippen LogP contribution in [0.25, 0.3) is 10.9 Å². The average Bonchev–Trinajstić information content (AvgIpc) is 2.61. The van der Waals surface area contributed by atoms with Gasteiger partial charge < -0.3 is 10.2 Å². The Morgan fingerprint density at radius 1 is 1.12 bits per heavy atom. The van der Waals surface area contributed by atoms with Crippen LogP contribution in [-0.2, 0) is 6.42 Å². The molecule has 3 rings (SSSR count). The fourth-order valence-electron chi connectivity index (χ4n) is 3.01. The Bertz CT molecular complexity index is 896. The van der Waals surface area contributed by atoms with Gasteiger partial charge in [-0.15, -0.1) is 0 Å². The summed E-state index contributed by atoms with van der Waals surface area (Å²) in [6.07, 6.45) is 0.787. The van der Waals surface area contributed by atoms with Crippen molar-refractivity contribution in [3.8, 4) is 0 Å². The van der Waals surface area contributed by atoms with Crippen molar-refractivity contribution in [1.82, 2.24) is 15.2 Å². The number of carbonyl (C=O) groups is 1. The minimum Gasteiger partial charge on any atom is -0.348 e. The average molecular weight is 368 g/mol. The first-order valence-corrected chi connectivity index (χ1v) is 8.95. The van der Waals surface area contributed by atoms with E-state index in [0.717, 1.165) is 23.9 Å². The van der Waals surface area contributed by atoms with Crippen molar-refractivity contribution in [3.63, 3.8) is 0 Å². The number of nitrogens with zero attached hydrogens (tertiary/aromatic N) is 2. The number of carbonyl (C=O) groups excluding carboxylic acids is 1. The monoisotopic (exact) mass is 367 g/mol. The lowest BCUT2D eigenvalue weighted by molar-refractivity contribution is 0.0930. The summed E-state index contributed by atoms with van der Waals surface area (Å²) in [4.78, 5) is 19.1. The Morgan fingerprint density at radius 2 is 1.88 bits per heavy atom. The molecule has 4 nitrogen and oxygen atoms in total. The van der Waals surface area contributed by atoms with Gasteiger partial charge in [0.15, 0.2) is 0 Å². The number of benzene rings is 2. The Balaban J connectivity index is 1.77. The second kappa shape index (κ2) is 8.30. The van der Waals surface area contributed by atoms with Crippen LogP contribution in [0.2, 0.25) is 5.15 Å². The van der Waals surface area contributed by atoms with Crippen molar-refractivity contribution in [1.29, 1.82) is 0 Å². The number of likely N-dealkylation sites (N-methyl/N-ethyl adjacent to an activating group) is 1. The topological polar surface area (TPSA) is 45.2 Å². The van der Waals surface area contributed by atoms with E-state index in [4.69, 9.17) is 11.6 Å². The molecule has 5 heteroatoms. The molecular weight excluding hydrogens is 346 g/mol. The quantitative estimate of drug-likeness (QED) is 0.674. The van der Waals surface area contributed by atoms with Gasteiger partial charge >= 0.3 is 0 Å². The van der Waals surface area contributed by atoms with Crippen molar-refractivity contribution < 1.29 is 4.79 Å². The van der Waals surface area contributed by atoms with Gasteiger partial charge in [0.2, 0.25) is 0 Å². The van der Waals surface area contributed by atoms with Gasteiger partial charge in [-0.25, -0.2) is 4.98 Å². The highest BCUT2D eigenvalue weighted by Crippen LogP contribution is 2.17. The second-order valence-corrected chi connectivity index (χ2v) is 7.05. The Labute approximate surface area is 158 Å². The largest absolute Gasteiger partial charge is 0.348 e. The highest BCUT2D eigenvalue weighted by molar-refractivity contribution is 6.29. The van der Waals surface area contributed by atoms with Gasteiger partial charge in [0.1, 0.15) is 5.15 Å². The highest BCUT2D eigenvalue weighted by atomic mass is 35.5. The molecular formula is C21H22ClN3O. The van der Waals surface area contributed by atoms with Crippen molar-refractivity contribution in [2.24, 2.45) is 0 Å². The summed E-state index contributed by atoms with van der Waals surface area (Å²) in [5.41, 5.74) is 2.61. The first-order chi connectivity index (χ1) is 12.5. The van der Waals surface area contributed by atoms with Crippen molar-refractivity contribution in [3.05, 3.63) is 76.9 Å². The maximum Gasteiger partial charge on any atom is 0.251 e.